The van der Waals surface area contributed by atoms with Crippen molar-refractivity contribution in [3.63, 3.8) is 0 Å². The van der Waals surface area contributed by atoms with Crippen LogP contribution < -0.4 is 5.73 Å². The summed E-state index contributed by atoms with van der Waals surface area (Å²) in [6.45, 7) is 0. The highest BCUT2D eigenvalue weighted by Gasteiger charge is 2.01. The summed E-state index contributed by atoms with van der Waals surface area (Å²) in [7, 11) is 0. The lowest BCUT2D eigenvalue weighted by molar-refractivity contribution is -0.384. The van der Waals surface area contributed by atoms with E-state index >= 15 is 0 Å². The Morgan fingerprint density at radius 1 is 1.10 bits per heavy atom. The van der Waals surface area contributed by atoms with Crippen LogP contribution in [-0.2, 0) is 0 Å². The third kappa shape index (κ3) is 4.74. The maximum Gasteiger partial charge on any atom is 0.269 e. The van der Waals surface area contributed by atoms with Crippen LogP contribution in [0.4, 0.5) is 5.69 Å². The van der Waals surface area contributed by atoms with E-state index in [-0.39, 0.29) is 18.1 Å². The van der Waals surface area contributed by atoms with Crippen LogP contribution in [0.1, 0.15) is 11.1 Å². The van der Waals surface area contributed by atoms with Crippen molar-refractivity contribution in [2.45, 2.75) is 0 Å². The fourth-order valence-electron chi connectivity index (χ4n) is 1.59. The monoisotopic (exact) mass is 303 g/mol. The average molecular weight is 304 g/mol. The maximum atomic E-state index is 10.5. The second kappa shape index (κ2) is 7.81. The summed E-state index contributed by atoms with van der Waals surface area (Å²) in [6.07, 6.45) is 3.31. The number of nitrogens with two attached hydrogens (primary N) is 1. The fraction of sp³-hybridized carbons (Fsp3) is 0. The number of aliphatic imine (C=N–C) groups is 1. The van der Waals surface area contributed by atoms with E-state index in [1.165, 1.54) is 12.1 Å². The van der Waals surface area contributed by atoms with E-state index in [0.717, 1.165) is 11.1 Å². The number of nitro groups is 1. The van der Waals surface area contributed by atoms with Crippen LogP contribution in [0.3, 0.4) is 0 Å². The largest absolute Gasteiger partial charge is 0.383 e. The average Bonchev–Trinajstić information content (AvgIpc) is 2.48. The van der Waals surface area contributed by atoms with Crippen molar-refractivity contribution in [3.05, 3.63) is 82.0 Å². The first-order chi connectivity index (χ1) is 9.66. The molecule has 0 spiro atoms. The molecule has 0 aliphatic rings. The number of non-ortho nitro benzene ring substituents is 1. The van der Waals surface area contributed by atoms with E-state index in [1.54, 1.807) is 24.4 Å². The minimum absolute atomic E-state index is 0. The van der Waals surface area contributed by atoms with Crippen molar-refractivity contribution in [1.29, 1.82) is 0 Å². The molecule has 21 heavy (non-hydrogen) atoms. The Morgan fingerprint density at radius 2 is 1.71 bits per heavy atom. The van der Waals surface area contributed by atoms with Crippen LogP contribution in [0.15, 0.2) is 65.8 Å². The number of hydrogen-bond donors (Lipinski definition) is 1. The molecule has 2 rings (SSSR count). The molecule has 0 saturated heterocycles. The van der Waals surface area contributed by atoms with Gasteiger partial charge in [0.15, 0.2) is 0 Å². The van der Waals surface area contributed by atoms with Gasteiger partial charge in [0, 0.05) is 23.9 Å². The lowest BCUT2D eigenvalue weighted by atomic mass is 10.2. The molecule has 2 aromatic rings. The van der Waals surface area contributed by atoms with Gasteiger partial charge in [0.2, 0.25) is 0 Å². The molecule has 2 N–H and O–H groups in total. The first-order valence-electron chi connectivity index (χ1n) is 5.96. The van der Waals surface area contributed by atoms with Crippen LogP contribution >= 0.6 is 12.4 Å². The standard InChI is InChI=1S/C15H13N3O2.ClH/c16-15(13-4-2-1-3-5-13)17-11-10-12-6-8-14(9-7-12)18(19)20;/h1-11H,(H2,16,17);1H. The predicted octanol–water partition coefficient (Wildman–Crippen LogP) is 3.39. The zero-order valence-corrected chi connectivity index (χ0v) is 11.9. The fourth-order valence-corrected chi connectivity index (χ4v) is 1.59. The Kier molecular flexibility index (Phi) is 6.10. The van der Waals surface area contributed by atoms with Crippen molar-refractivity contribution < 1.29 is 4.92 Å². The lowest BCUT2D eigenvalue weighted by Crippen LogP contribution is -2.12. The summed E-state index contributed by atoms with van der Waals surface area (Å²) < 4.78 is 0. The molecular formula is C15H14ClN3O2. The zero-order chi connectivity index (χ0) is 14.4. The Morgan fingerprint density at radius 3 is 2.29 bits per heavy atom. The van der Waals surface area contributed by atoms with Crippen LogP contribution in [0, 0.1) is 10.1 Å². The maximum absolute atomic E-state index is 10.5. The molecule has 0 bridgehead atoms. The molecule has 0 saturated carbocycles. The highest BCUT2D eigenvalue weighted by atomic mass is 35.5. The molecule has 0 unspecified atom stereocenters. The summed E-state index contributed by atoms with van der Waals surface area (Å²) in [5.74, 6) is 0.420. The van der Waals surface area contributed by atoms with Gasteiger partial charge >= 0.3 is 0 Å². The summed E-state index contributed by atoms with van der Waals surface area (Å²) in [5, 5.41) is 10.5. The minimum atomic E-state index is -0.432. The molecule has 0 atom stereocenters. The Balaban J connectivity index is 0.00000220. The molecule has 0 aliphatic heterocycles. The smallest absolute Gasteiger partial charge is 0.269 e. The number of nitrogens with zero attached hydrogens (tertiary/aromatic N) is 2. The van der Waals surface area contributed by atoms with E-state index in [4.69, 9.17) is 5.73 Å². The van der Waals surface area contributed by atoms with Crippen LogP contribution in [0.5, 0.6) is 0 Å². The van der Waals surface area contributed by atoms with Gasteiger partial charge < -0.3 is 5.73 Å². The summed E-state index contributed by atoms with van der Waals surface area (Å²) >= 11 is 0. The molecular weight excluding hydrogens is 290 g/mol. The molecule has 0 radical (unpaired) electrons. The number of benzene rings is 2. The molecule has 0 aromatic heterocycles. The normalized spacial score (nSPS) is 11.1. The summed E-state index contributed by atoms with van der Waals surface area (Å²) in [5.41, 5.74) is 7.56. The van der Waals surface area contributed by atoms with Crippen molar-refractivity contribution in [2.75, 3.05) is 0 Å². The highest BCUT2D eigenvalue weighted by Crippen LogP contribution is 2.12. The van der Waals surface area contributed by atoms with Gasteiger partial charge in [0.05, 0.1) is 4.92 Å². The van der Waals surface area contributed by atoms with Gasteiger partial charge in [0.25, 0.3) is 5.69 Å². The molecule has 2 aromatic carbocycles. The Labute approximate surface area is 128 Å². The molecule has 108 valence electrons. The number of amidine groups is 1. The SMILES string of the molecule is Cl.NC(=NC=Cc1ccc([N+](=O)[O-])cc1)c1ccccc1. The molecule has 0 fully saturated rings. The van der Waals surface area contributed by atoms with Gasteiger partial charge in [-0.1, -0.05) is 30.3 Å². The lowest BCUT2D eigenvalue weighted by Gasteiger charge is -1.97. The number of hydrogen-bond acceptors (Lipinski definition) is 3. The minimum Gasteiger partial charge on any atom is -0.383 e. The Hall–Kier alpha value is -2.66. The van der Waals surface area contributed by atoms with Crippen molar-refractivity contribution in [2.24, 2.45) is 10.7 Å². The van der Waals surface area contributed by atoms with E-state index in [9.17, 15) is 10.1 Å². The van der Waals surface area contributed by atoms with Gasteiger partial charge in [-0.3, -0.25) is 10.1 Å². The second-order valence-electron chi connectivity index (χ2n) is 4.04. The van der Waals surface area contributed by atoms with Crippen molar-refractivity contribution in [3.8, 4) is 0 Å². The molecule has 0 aliphatic carbocycles. The summed E-state index contributed by atoms with van der Waals surface area (Å²) in [6, 6.07) is 15.6. The van der Waals surface area contributed by atoms with Crippen LogP contribution in [0.25, 0.3) is 6.08 Å². The number of nitro benzene ring substituents is 1. The quantitative estimate of drug-likeness (QED) is 0.407. The molecule has 0 heterocycles. The first-order valence-corrected chi connectivity index (χ1v) is 5.96. The van der Waals surface area contributed by atoms with E-state index < -0.39 is 4.92 Å². The topological polar surface area (TPSA) is 81.5 Å². The molecule has 6 heteroatoms. The molecule has 0 amide bonds. The van der Waals surface area contributed by atoms with Gasteiger partial charge in [-0.15, -0.1) is 12.4 Å². The third-order valence-corrected chi connectivity index (χ3v) is 2.65. The predicted molar refractivity (Wildman–Crippen MR) is 86.5 cm³/mol. The molecule has 5 nitrogen and oxygen atoms in total. The van der Waals surface area contributed by atoms with Crippen LogP contribution in [-0.4, -0.2) is 10.8 Å². The summed E-state index contributed by atoms with van der Waals surface area (Å²) in [4.78, 5) is 14.2. The van der Waals surface area contributed by atoms with Gasteiger partial charge in [-0.2, -0.15) is 0 Å². The number of rotatable bonds is 4. The zero-order valence-electron chi connectivity index (χ0n) is 11.0. The van der Waals surface area contributed by atoms with Crippen molar-refractivity contribution >= 4 is 30.0 Å². The van der Waals surface area contributed by atoms with Gasteiger partial charge in [0.1, 0.15) is 5.84 Å². The van der Waals surface area contributed by atoms with E-state index in [1.807, 2.05) is 30.3 Å². The Bertz CT molecular complexity index is 652. The van der Waals surface area contributed by atoms with Gasteiger partial charge in [-0.25, -0.2) is 4.99 Å². The van der Waals surface area contributed by atoms with E-state index in [0.29, 0.717) is 5.84 Å². The second-order valence-corrected chi connectivity index (χ2v) is 4.04. The van der Waals surface area contributed by atoms with Crippen LogP contribution in [0.2, 0.25) is 0 Å². The highest BCUT2D eigenvalue weighted by molar-refractivity contribution is 5.97. The first kappa shape index (κ1) is 16.4. The van der Waals surface area contributed by atoms with Crippen molar-refractivity contribution in [1.82, 2.24) is 0 Å². The third-order valence-electron chi connectivity index (χ3n) is 2.65. The van der Waals surface area contributed by atoms with Gasteiger partial charge in [-0.05, 0) is 23.8 Å². The van der Waals surface area contributed by atoms with E-state index in [2.05, 4.69) is 4.99 Å². The number of halogens is 1.